The van der Waals surface area contributed by atoms with Crippen molar-refractivity contribution in [2.24, 2.45) is 0 Å². The molecule has 1 saturated heterocycles. The van der Waals surface area contributed by atoms with Crippen molar-refractivity contribution < 1.29 is 23.5 Å². The Morgan fingerprint density at radius 1 is 0.943 bits per heavy atom. The Hall–Kier alpha value is -3.68. The molecule has 1 aliphatic rings. The maximum Gasteiger partial charge on any atom is 0.375 e. The molecule has 1 aliphatic heterocycles. The molecule has 2 heterocycles. The summed E-state index contributed by atoms with van der Waals surface area (Å²) >= 11 is 0. The molecule has 1 fully saturated rings. The lowest BCUT2D eigenvalue weighted by atomic mass is 10.1. The third-order valence-corrected chi connectivity index (χ3v) is 6.44. The molecule has 3 aromatic carbocycles. The normalized spacial score (nSPS) is 14.3. The summed E-state index contributed by atoms with van der Waals surface area (Å²) in [5.74, 6) is -0.885. The Morgan fingerprint density at radius 3 is 2.51 bits per heavy atom. The van der Waals surface area contributed by atoms with Crippen molar-refractivity contribution >= 4 is 33.6 Å². The molecule has 5 rings (SSSR count). The van der Waals surface area contributed by atoms with E-state index in [4.69, 9.17) is 13.9 Å². The van der Waals surface area contributed by atoms with Crippen LogP contribution in [0, 0.1) is 6.92 Å². The van der Waals surface area contributed by atoms with E-state index >= 15 is 0 Å². The van der Waals surface area contributed by atoms with Crippen LogP contribution >= 0.6 is 0 Å². The van der Waals surface area contributed by atoms with Crippen LogP contribution in [-0.4, -0.2) is 49.7 Å². The monoisotopic (exact) mass is 472 g/mol. The van der Waals surface area contributed by atoms with Gasteiger partial charge in [-0.15, -0.1) is 0 Å². The summed E-state index contributed by atoms with van der Waals surface area (Å²) < 4.78 is 16.6. The largest absolute Gasteiger partial charge is 0.450 e. The molecule has 0 radical (unpaired) electrons. The van der Waals surface area contributed by atoms with Gasteiger partial charge < -0.3 is 19.2 Å². The van der Waals surface area contributed by atoms with E-state index in [1.165, 1.54) is 0 Å². The molecule has 1 aromatic heterocycles. The molecule has 7 heteroatoms. The quantitative estimate of drug-likeness (QED) is 0.406. The Bertz CT molecular complexity index is 1370. The van der Waals surface area contributed by atoms with Gasteiger partial charge in [-0.1, -0.05) is 60.7 Å². The van der Waals surface area contributed by atoms with Crippen molar-refractivity contribution in [3.8, 4) is 0 Å². The van der Waals surface area contributed by atoms with Crippen LogP contribution in [-0.2, 0) is 27.4 Å². The van der Waals surface area contributed by atoms with Crippen LogP contribution in [0.4, 0.5) is 0 Å². The van der Waals surface area contributed by atoms with E-state index < -0.39 is 5.97 Å². The number of carbonyl (C=O) groups is 2. The molecule has 1 amide bonds. The topological polar surface area (TPSA) is 81.0 Å². The highest BCUT2D eigenvalue weighted by atomic mass is 16.5. The van der Waals surface area contributed by atoms with Crippen LogP contribution in [0.25, 0.3) is 21.7 Å². The highest BCUT2D eigenvalue weighted by molar-refractivity contribution is 6.08. The summed E-state index contributed by atoms with van der Waals surface area (Å²) in [5.41, 5.74) is 3.55. The van der Waals surface area contributed by atoms with Crippen molar-refractivity contribution in [2.45, 2.75) is 20.0 Å². The van der Waals surface area contributed by atoms with Gasteiger partial charge in [0, 0.05) is 42.5 Å². The Kier molecular flexibility index (Phi) is 6.79. The second-order valence-corrected chi connectivity index (χ2v) is 8.73. The standard InChI is InChI=1S/C28H28N2O5/c1-19-23-11-10-20-6-4-5-9-24(20)27(23)35-26(19)28(32)34-18-25(31)29-16-21-7-2-3-8-22(21)17-30-12-14-33-15-13-30/h2-11H,12-18H2,1H3,(H,29,31). The van der Waals surface area contributed by atoms with Crippen LogP contribution in [0.2, 0.25) is 0 Å². The van der Waals surface area contributed by atoms with E-state index in [9.17, 15) is 9.59 Å². The van der Waals surface area contributed by atoms with Gasteiger partial charge >= 0.3 is 5.97 Å². The third kappa shape index (κ3) is 5.06. The number of nitrogens with zero attached hydrogens (tertiary/aromatic N) is 1. The highest BCUT2D eigenvalue weighted by Crippen LogP contribution is 2.32. The van der Waals surface area contributed by atoms with Crippen LogP contribution in [0.5, 0.6) is 0 Å². The fourth-order valence-corrected chi connectivity index (χ4v) is 4.47. The van der Waals surface area contributed by atoms with Gasteiger partial charge in [-0.05, 0) is 23.4 Å². The minimum atomic E-state index is -0.648. The zero-order chi connectivity index (χ0) is 24.2. The zero-order valence-electron chi connectivity index (χ0n) is 19.7. The SMILES string of the molecule is Cc1c(C(=O)OCC(=O)NCc2ccccc2CN2CCOCC2)oc2c1ccc1ccccc12. The number of esters is 1. The first-order chi connectivity index (χ1) is 17.1. The number of morpholine rings is 1. The molecule has 35 heavy (non-hydrogen) atoms. The number of hydrogen-bond donors (Lipinski definition) is 1. The molecule has 1 N–H and O–H groups in total. The van der Waals surface area contributed by atoms with Gasteiger partial charge in [-0.3, -0.25) is 9.69 Å². The molecule has 7 nitrogen and oxygen atoms in total. The molecule has 0 saturated carbocycles. The van der Waals surface area contributed by atoms with Crippen LogP contribution in [0.3, 0.4) is 0 Å². The lowest BCUT2D eigenvalue weighted by molar-refractivity contribution is -0.124. The van der Waals surface area contributed by atoms with Crippen LogP contribution < -0.4 is 5.32 Å². The predicted octanol–water partition coefficient (Wildman–Crippen LogP) is 4.20. The number of nitrogens with one attached hydrogen (secondary N) is 1. The minimum absolute atomic E-state index is 0.125. The first-order valence-corrected chi connectivity index (χ1v) is 11.8. The lowest BCUT2D eigenvalue weighted by Crippen LogP contribution is -2.36. The average molecular weight is 473 g/mol. The summed E-state index contributed by atoms with van der Waals surface area (Å²) in [6.45, 7) is 5.90. The number of aryl methyl sites for hydroxylation is 1. The van der Waals surface area contributed by atoms with Crippen molar-refractivity contribution in [3.63, 3.8) is 0 Å². The first kappa shape index (κ1) is 23.1. The van der Waals surface area contributed by atoms with Gasteiger partial charge in [0.2, 0.25) is 5.76 Å². The van der Waals surface area contributed by atoms with Gasteiger partial charge in [0.05, 0.1) is 13.2 Å². The molecule has 0 unspecified atom stereocenters. The first-order valence-electron chi connectivity index (χ1n) is 11.8. The van der Waals surface area contributed by atoms with E-state index in [1.807, 2.05) is 61.5 Å². The maximum absolute atomic E-state index is 12.7. The number of ether oxygens (including phenoxy) is 2. The smallest absolute Gasteiger partial charge is 0.375 e. The number of benzene rings is 3. The summed E-state index contributed by atoms with van der Waals surface area (Å²) in [5, 5.41) is 5.68. The van der Waals surface area contributed by atoms with E-state index in [-0.39, 0.29) is 18.3 Å². The molecule has 0 spiro atoms. The van der Waals surface area contributed by atoms with Crippen LogP contribution in [0.15, 0.2) is 65.1 Å². The van der Waals surface area contributed by atoms with E-state index in [0.29, 0.717) is 17.7 Å². The van der Waals surface area contributed by atoms with Gasteiger partial charge in [-0.2, -0.15) is 0 Å². The van der Waals surface area contributed by atoms with Crippen molar-refractivity contribution in [1.82, 2.24) is 10.2 Å². The maximum atomic E-state index is 12.7. The van der Waals surface area contributed by atoms with Crippen molar-refractivity contribution in [3.05, 3.63) is 83.1 Å². The van der Waals surface area contributed by atoms with Crippen molar-refractivity contribution in [2.75, 3.05) is 32.9 Å². The number of rotatable bonds is 7. The lowest BCUT2D eigenvalue weighted by Gasteiger charge is -2.27. The number of hydrogen-bond acceptors (Lipinski definition) is 6. The molecular formula is C28H28N2O5. The van der Waals surface area contributed by atoms with Gasteiger partial charge in [0.25, 0.3) is 5.91 Å². The summed E-state index contributed by atoms with van der Waals surface area (Å²) in [6, 6.07) is 19.8. The Labute approximate surface area is 203 Å². The molecule has 0 aliphatic carbocycles. The molecule has 0 atom stereocenters. The van der Waals surface area contributed by atoms with Crippen LogP contribution in [0.1, 0.15) is 27.2 Å². The molecule has 4 aromatic rings. The Balaban J connectivity index is 1.20. The number of carbonyl (C=O) groups excluding carboxylic acids is 2. The highest BCUT2D eigenvalue weighted by Gasteiger charge is 2.21. The average Bonchev–Trinajstić information content (AvgIpc) is 3.24. The van der Waals surface area contributed by atoms with E-state index in [0.717, 1.165) is 60.1 Å². The number of fused-ring (bicyclic) bond motifs is 3. The minimum Gasteiger partial charge on any atom is -0.450 e. The van der Waals surface area contributed by atoms with Gasteiger partial charge in [0.15, 0.2) is 6.61 Å². The molecule has 180 valence electrons. The molecule has 0 bridgehead atoms. The Morgan fingerprint density at radius 2 is 1.69 bits per heavy atom. The van der Waals surface area contributed by atoms with Gasteiger partial charge in [-0.25, -0.2) is 4.79 Å². The summed E-state index contributed by atoms with van der Waals surface area (Å²) in [4.78, 5) is 27.5. The fourth-order valence-electron chi connectivity index (χ4n) is 4.47. The number of amides is 1. The van der Waals surface area contributed by atoms with Crippen molar-refractivity contribution in [1.29, 1.82) is 0 Å². The predicted molar refractivity (Wildman–Crippen MR) is 133 cm³/mol. The van der Waals surface area contributed by atoms with E-state index in [2.05, 4.69) is 16.3 Å². The van der Waals surface area contributed by atoms with Gasteiger partial charge in [0.1, 0.15) is 5.58 Å². The molecular weight excluding hydrogens is 444 g/mol. The fraction of sp³-hybridized carbons (Fsp3) is 0.286. The number of furan rings is 1. The summed E-state index contributed by atoms with van der Waals surface area (Å²) in [6.07, 6.45) is 0. The zero-order valence-corrected chi connectivity index (χ0v) is 19.7. The second-order valence-electron chi connectivity index (χ2n) is 8.73. The second kappa shape index (κ2) is 10.3. The summed E-state index contributed by atoms with van der Waals surface area (Å²) in [7, 11) is 0. The van der Waals surface area contributed by atoms with E-state index in [1.54, 1.807) is 0 Å². The third-order valence-electron chi connectivity index (χ3n) is 6.44.